The van der Waals surface area contributed by atoms with Gasteiger partial charge in [-0.05, 0) is 20.3 Å². The Morgan fingerprint density at radius 3 is 2.62 bits per heavy atom. The van der Waals surface area contributed by atoms with E-state index in [0.29, 0.717) is 18.1 Å². The summed E-state index contributed by atoms with van der Waals surface area (Å²) in [7, 11) is 1.67. The van der Waals surface area contributed by atoms with Crippen LogP contribution in [0.25, 0.3) is 0 Å². The van der Waals surface area contributed by atoms with Crippen LogP contribution in [0, 0.1) is 0 Å². The van der Waals surface area contributed by atoms with Gasteiger partial charge in [-0.2, -0.15) is 4.98 Å². The molecule has 1 aromatic rings. The molecule has 1 aromatic heterocycles. The standard InChI is InChI=1S/C11H21N3O2/c1-5-9(8(3)12)11-13-10(14-16-11)6-7(2)15-4/h7-9H,5-6,12H2,1-4H3. The van der Waals surface area contributed by atoms with Gasteiger partial charge in [0.05, 0.1) is 12.0 Å². The van der Waals surface area contributed by atoms with Crippen molar-refractivity contribution >= 4 is 0 Å². The van der Waals surface area contributed by atoms with Crippen molar-refractivity contribution in [3.05, 3.63) is 11.7 Å². The van der Waals surface area contributed by atoms with E-state index in [0.717, 1.165) is 6.42 Å². The average molecular weight is 227 g/mol. The number of aromatic nitrogens is 2. The topological polar surface area (TPSA) is 74.2 Å². The smallest absolute Gasteiger partial charge is 0.231 e. The summed E-state index contributed by atoms with van der Waals surface area (Å²) in [5, 5.41) is 3.93. The zero-order valence-corrected chi connectivity index (χ0v) is 10.4. The minimum absolute atomic E-state index is 0.0261. The monoisotopic (exact) mass is 227 g/mol. The Hall–Kier alpha value is -0.940. The molecule has 3 unspecified atom stereocenters. The summed E-state index contributed by atoms with van der Waals surface area (Å²) >= 11 is 0. The lowest BCUT2D eigenvalue weighted by Gasteiger charge is -2.13. The number of ether oxygens (including phenoxy) is 1. The minimum Gasteiger partial charge on any atom is -0.381 e. The summed E-state index contributed by atoms with van der Waals surface area (Å²) < 4.78 is 10.4. The van der Waals surface area contributed by atoms with Gasteiger partial charge in [0, 0.05) is 19.6 Å². The number of methoxy groups -OCH3 is 1. The first kappa shape index (κ1) is 13.1. The second kappa shape index (κ2) is 5.96. The fourth-order valence-corrected chi connectivity index (χ4v) is 1.61. The predicted octanol–water partition coefficient (Wildman–Crippen LogP) is 1.49. The highest BCUT2D eigenvalue weighted by molar-refractivity contribution is 4.97. The maximum Gasteiger partial charge on any atom is 0.231 e. The van der Waals surface area contributed by atoms with Crippen LogP contribution in [-0.2, 0) is 11.2 Å². The van der Waals surface area contributed by atoms with Crippen molar-refractivity contribution in [2.45, 2.75) is 51.7 Å². The van der Waals surface area contributed by atoms with Gasteiger partial charge in [-0.1, -0.05) is 12.1 Å². The van der Waals surface area contributed by atoms with Crippen molar-refractivity contribution in [3.8, 4) is 0 Å². The van der Waals surface area contributed by atoms with Gasteiger partial charge in [-0.25, -0.2) is 0 Å². The summed E-state index contributed by atoms with van der Waals surface area (Å²) in [6, 6.07) is 0.0261. The van der Waals surface area contributed by atoms with Gasteiger partial charge >= 0.3 is 0 Å². The summed E-state index contributed by atoms with van der Waals surface area (Å²) in [4.78, 5) is 4.35. The van der Waals surface area contributed by atoms with Crippen LogP contribution in [0.4, 0.5) is 0 Å². The van der Waals surface area contributed by atoms with Gasteiger partial charge in [0.25, 0.3) is 0 Å². The Kier molecular flexibility index (Phi) is 4.89. The van der Waals surface area contributed by atoms with Crippen LogP contribution < -0.4 is 5.73 Å². The second-order valence-corrected chi connectivity index (χ2v) is 4.17. The summed E-state index contributed by atoms with van der Waals surface area (Å²) in [5.41, 5.74) is 5.86. The molecule has 0 radical (unpaired) electrons. The van der Waals surface area contributed by atoms with Crippen molar-refractivity contribution in [2.24, 2.45) is 5.73 Å². The molecule has 3 atom stereocenters. The molecule has 2 N–H and O–H groups in total. The van der Waals surface area contributed by atoms with E-state index in [4.69, 9.17) is 15.0 Å². The van der Waals surface area contributed by atoms with Crippen LogP contribution in [0.3, 0.4) is 0 Å². The molecule has 16 heavy (non-hydrogen) atoms. The molecule has 5 heteroatoms. The van der Waals surface area contributed by atoms with Gasteiger partial charge in [-0.15, -0.1) is 0 Å². The van der Waals surface area contributed by atoms with Crippen molar-refractivity contribution in [3.63, 3.8) is 0 Å². The third-order valence-electron chi connectivity index (χ3n) is 2.75. The molecule has 0 aliphatic heterocycles. The Balaban J connectivity index is 2.69. The number of nitrogens with two attached hydrogens (primary N) is 1. The van der Waals surface area contributed by atoms with Crippen LogP contribution >= 0.6 is 0 Å². The van der Waals surface area contributed by atoms with Crippen molar-refractivity contribution in [1.29, 1.82) is 0 Å². The SMILES string of the molecule is CCC(c1nc(CC(C)OC)no1)C(C)N. The molecular weight excluding hydrogens is 206 g/mol. The molecule has 1 heterocycles. The number of hydrogen-bond acceptors (Lipinski definition) is 5. The maximum absolute atomic E-state index is 5.86. The highest BCUT2D eigenvalue weighted by Gasteiger charge is 2.21. The molecule has 0 spiro atoms. The average Bonchev–Trinajstić information content (AvgIpc) is 2.66. The van der Waals surface area contributed by atoms with E-state index in [1.54, 1.807) is 7.11 Å². The zero-order valence-electron chi connectivity index (χ0n) is 10.4. The minimum atomic E-state index is 0.0261. The van der Waals surface area contributed by atoms with Gasteiger partial charge < -0.3 is 15.0 Å². The lowest BCUT2D eigenvalue weighted by Crippen LogP contribution is -2.24. The molecule has 1 rings (SSSR count). The Labute approximate surface area is 96.4 Å². The first-order valence-electron chi connectivity index (χ1n) is 5.69. The molecule has 0 saturated carbocycles. The van der Waals surface area contributed by atoms with Gasteiger partial charge in [0.1, 0.15) is 0 Å². The first-order valence-corrected chi connectivity index (χ1v) is 5.69. The summed E-state index contributed by atoms with van der Waals surface area (Å²) in [6.07, 6.45) is 1.66. The summed E-state index contributed by atoms with van der Waals surface area (Å²) in [6.45, 7) is 5.99. The lowest BCUT2D eigenvalue weighted by atomic mass is 9.99. The molecule has 0 aromatic carbocycles. The Morgan fingerprint density at radius 1 is 1.44 bits per heavy atom. The van der Waals surface area contributed by atoms with Crippen LogP contribution in [-0.4, -0.2) is 29.4 Å². The molecule has 0 bridgehead atoms. The van der Waals surface area contributed by atoms with Gasteiger partial charge in [0.15, 0.2) is 5.82 Å². The number of nitrogens with zero attached hydrogens (tertiary/aromatic N) is 2. The Bertz CT molecular complexity index is 312. The van der Waals surface area contributed by atoms with E-state index in [2.05, 4.69) is 17.1 Å². The van der Waals surface area contributed by atoms with Crippen LogP contribution in [0.5, 0.6) is 0 Å². The van der Waals surface area contributed by atoms with E-state index in [1.165, 1.54) is 0 Å². The van der Waals surface area contributed by atoms with E-state index in [9.17, 15) is 0 Å². The fraction of sp³-hybridized carbons (Fsp3) is 0.818. The largest absolute Gasteiger partial charge is 0.381 e. The lowest BCUT2D eigenvalue weighted by molar-refractivity contribution is 0.116. The molecule has 0 saturated heterocycles. The van der Waals surface area contributed by atoms with Crippen LogP contribution in [0.15, 0.2) is 4.52 Å². The fourth-order valence-electron chi connectivity index (χ4n) is 1.61. The summed E-state index contributed by atoms with van der Waals surface area (Å²) in [5.74, 6) is 1.46. The second-order valence-electron chi connectivity index (χ2n) is 4.17. The van der Waals surface area contributed by atoms with Gasteiger partial charge in [0.2, 0.25) is 5.89 Å². The molecule has 0 amide bonds. The van der Waals surface area contributed by atoms with Crippen LogP contribution in [0.1, 0.15) is 44.8 Å². The molecule has 92 valence electrons. The maximum atomic E-state index is 5.86. The van der Waals surface area contributed by atoms with Crippen molar-refractivity contribution < 1.29 is 9.26 Å². The van der Waals surface area contributed by atoms with Crippen molar-refractivity contribution in [1.82, 2.24) is 10.1 Å². The quantitative estimate of drug-likeness (QED) is 0.797. The normalized spacial score (nSPS) is 17.1. The van der Waals surface area contributed by atoms with E-state index in [-0.39, 0.29) is 18.1 Å². The third-order valence-corrected chi connectivity index (χ3v) is 2.75. The first-order chi connectivity index (χ1) is 7.58. The zero-order chi connectivity index (χ0) is 12.1. The van der Waals surface area contributed by atoms with Crippen molar-refractivity contribution in [2.75, 3.05) is 7.11 Å². The molecular formula is C11H21N3O2. The van der Waals surface area contributed by atoms with E-state index >= 15 is 0 Å². The Morgan fingerprint density at radius 2 is 2.12 bits per heavy atom. The van der Waals surface area contributed by atoms with E-state index in [1.807, 2.05) is 13.8 Å². The molecule has 0 aliphatic carbocycles. The van der Waals surface area contributed by atoms with Crippen LogP contribution in [0.2, 0.25) is 0 Å². The molecule has 0 fully saturated rings. The van der Waals surface area contributed by atoms with Gasteiger partial charge in [-0.3, -0.25) is 0 Å². The predicted molar refractivity (Wildman–Crippen MR) is 61.2 cm³/mol. The highest BCUT2D eigenvalue weighted by atomic mass is 16.5. The number of hydrogen-bond donors (Lipinski definition) is 1. The molecule has 0 aliphatic rings. The third kappa shape index (κ3) is 3.28. The highest BCUT2D eigenvalue weighted by Crippen LogP contribution is 2.20. The molecule has 5 nitrogen and oxygen atoms in total. The van der Waals surface area contributed by atoms with E-state index < -0.39 is 0 Å². The number of rotatable bonds is 6.